The number of primary amides is 1. The Bertz CT molecular complexity index is 728. The van der Waals surface area contributed by atoms with E-state index in [4.69, 9.17) is 10.3 Å². The molecule has 0 aliphatic rings. The average Bonchev–Trinajstić information content (AvgIpc) is 2.93. The highest BCUT2D eigenvalue weighted by Gasteiger charge is 2.30. The molecule has 0 aliphatic heterocycles. The van der Waals surface area contributed by atoms with Gasteiger partial charge in [-0.25, -0.2) is 0 Å². The van der Waals surface area contributed by atoms with Gasteiger partial charge in [0.15, 0.2) is 0 Å². The Balaban J connectivity index is 2.17. The number of amides is 1. The summed E-state index contributed by atoms with van der Waals surface area (Å²) in [6, 6.07) is 4.69. The van der Waals surface area contributed by atoms with Crippen molar-refractivity contribution in [2.45, 2.75) is 26.6 Å². The molecule has 9 heteroatoms. The van der Waals surface area contributed by atoms with E-state index in [2.05, 4.69) is 10.1 Å². The van der Waals surface area contributed by atoms with Gasteiger partial charge in [-0.2, -0.15) is 18.2 Å². The molecule has 0 saturated carbocycles. The number of hydrogen-bond acceptors (Lipinski definition) is 5. The predicted octanol–water partition coefficient (Wildman–Crippen LogP) is 2.70. The van der Waals surface area contributed by atoms with Gasteiger partial charge in [0.1, 0.15) is 0 Å². The molecule has 1 amide bonds. The van der Waals surface area contributed by atoms with Crippen molar-refractivity contribution in [3.05, 3.63) is 35.7 Å². The maximum Gasteiger partial charge on any atom is 0.416 e. The van der Waals surface area contributed by atoms with E-state index in [1.54, 1.807) is 4.90 Å². The third-order valence-electron chi connectivity index (χ3n) is 3.28. The number of carbonyl (C=O) groups is 1. The maximum atomic E-state index is 12.8. The first-order valence-electron chi connectivity index (χ1n) is 7.66. The van der Waals surface area contributed by atoms with Gasteiger partial charge in [0.25, 0.3) is 0 Å². The van der Waals surface area contributed by atoms with Gasteiger partial charge in [0.2, 0.25) is 17.6 Å². The summed E-state index contributed by atoms with van der Waals surface area (Å²) in [6.45, 7) is 4.77. The second kappa shape index (κ2) is 7.64. The molecule has 6 nitrogen and oxygen atoms in total. The van der Waals surface area contributed by atoms with Crippen LogP contribution in [0, 0.1) is 5.92 Å². The Morgan fingerprint density at radius 1 is 1.36 bits per heavy atom. The third-order valence-corrected chi connectivity index (χ3v) is 3.28. The fourth-order valence-electron chi connectivity index (χ4n) is 2.38. The second-order valence-electron chi connectivity index (χ2n) is 6.12. The molecule has 0 radical (unpaired) electrons. The second-order valence-corrected chi connectivity index (χ2v) is 6.12. The van der Waals surface area contributed by atoms with Crippen LogP contribution in [0.1, 0.15) is 25.3 Å². The summed E-state index contributed by atoms with van der Waals surface area (Å²) < 4.78 is 43.5. The monoisotopic (exact) mass is 356 g/mol. The number of nitrogens with zero attached hydrogens (tertiary/aromatic N) is 3. The summed E-state index contributed by atoms with van der Waals surface area (Å²) >= 11 is 0. The fourth-order valence-corrected chi connectivity index (χ4v) is 2.38. The van der Waals surface area contributed by atoms with Gasteiger partial charge in [-0.3, -0.25) is 9.69 Å². The number of carbonyl (C=O) groups excluding carboxylic acids is 1. The molecule has 136 valence electrons. The highest BCUT2D eigenvalue weighted by Crippen LogP contribution is 2.31. The van der Waals surface area contributed by atoms with E-state index in [1.165, 1.54) is 12.1 Å². The van der Waals surface area contributed by atoms with Gasteiger partial charge in [-0.1, -0.05) is 31.1 Å². The lowest BCUT2D eigenvalue weighted by Crippen LogP contribution is -2.35. The fraction of sp³-hybridized carbons (Fsp3) is 0.438. The molecule has 0 aliphatic carbocycles. The van der Waals surface area contributed by atoms with Crippen molar-refractivity contribution in [1.82, 2.24) is 15.0 Å². The van der Waals surface area contributed by atoms with E-state index in [0.29, 0.717) is 6.54 Å². The Morgan fingerprint density at radius 2 is 2.08 bits per heavy atom. The summed E-state index contributed by atoms with van der Waals surface area (Å²) in [6.07, 6.45) is -4.45. The zero-order chi connectivity index (χ0) is 18.6. The van der Waals surface area contributed by atoms with Crippen molar-refractivity contribution in [3.63, 3.8) is 0 Å². The quantitative estimate of drug-likeness (QED) is 0.824. The predicted molar refractivity (Wildman–Crippen MR) is 84.0 cm³/mol. The molecule has 25 heavy (non-hydrogen) atoms. The molecule has 1 aromatic heterocycles. The number of rotatable bonds is 7. The van der Waals surface area contributed by atoms with Crippen LogP contribution in [0.3, 0.4) is 0 Å². The minimum absolute atomic E-state index is 0.0272. The van der Waals surface area contributed by atoms with Crippen molar-refractivity contribution in [1.29, 1.82) is 0 Å². The van der Waals surface area contributed by atoms with Crippen molar-refractivity contribution in [2.24, 2.45) is 11.7 Å². The molecule has 1 aromatic carbocycles. The SMILES string of the molecule is CC(C)CN(CC(N)=O)Cc1nc(-c2cccc(C(F)(F)F)c2)no1. The summed E-state index contributed by atoms with van der Waals surface area (Å²) in [5.74, 6) is 0.0578. The van der Waals surface area contributed by atoms with Gasteiger partial charge in [-0.15, -0.1) is 0 Å². The summed E-state index contributed by atoms with van der Waals surface area (Å²) in [5.41, 5.74) is 4.64. The lowest BCUT2D eigenvalue weighted by Gasteiger charge is -2.20. The Morgan fingerprint density at radius 3 is 2.68 bits per heavy atom. The lowest BCUT2D eigenvalue weighted by atomic mass is 10.1. The van der Waals surface area contributed by atoms with E-state index < -0.39 is 17.6 Å². The molecular formula is C16H19F3N4O2. The molecule has 0 atom stereocenters. The Kier molecular flexibility index (Phi) is 5.78. The van der Waals surface area contributed by atoms with Crippen LogP contribution in [-0.4, -0.2) is 34.0 Å². The number of halogens is 3. The number of benzene rings is 1. The molecule has 2 N–H and O–H groups in total. The van der Waals surface area contributed by atoms with Crippen molar-refractivity contribution in [3.8, 4) is 11.4 Å². The van der Waals surface area contributed by atoms with Crippen LogP contribution < -0.4 is 5.73 Å². The largest absolute Gasteiger partial charge is 0.416 e. The van der Waals surface area contributed by atoms with Gasteiger partial charge in [-0.05, 0) is 18.1 Å². The molecule has 2 rings (SSSR count). The van der Waals surface area contributed by atoms with E-state index in [-0.39, 0.29) is 36.3 Å². The minimum atomic E-state index is -4.45. The van der Waals surface area contributed by atoms with E-state index in [9.17, 15) is 18.0 Å². The van der Waals surface area contributed by atoms with Crippen LogP contribution in [0.2, 0.25) is 0 Å². The first-order valence-corrected chi connectivity index (χ1v) is 7.66. The zero-order valence-corrected chi connectivity index (χ0v) is 13.9. The molecule has 0 unspecified atom stereocenters. The number of nitrogens with two attached hydrogens (primary N) is 1. The molecule has 1 heterocycles. The Labute approximate surface area is 142 Å². The third kappa shape index (κ3) is 5.56. The smallest absolute Gasteiger partial charge is 0.369 e. The highest BCUT2D eigenvalue weighted by molar-refractivity contribution is 5.75. The van der Waals surface area contributed by atoms with Crippen LogP contribution in [-0.2, 0) is 17.5 Å². The molecule has 2 aromatic rings. The molecule has 0 saturated heterocycles. The minimum Gasteiger partial charge on any atom is -0.369 e. The standard InChI is InChI=1S/C16H19F3N4O2/c1-10(2)7-23(8-13(20)24)9-14-21-15(22-25-14)11-4-3-5-12(6-11)16(17,18)19/h3-6,10H,7-9H2,1-2H3,(H2,20,24). The van der Waals surface area contributed by atoms with Gasteiger partial charge < -0.3 is 10.3 Å². The zero-order valence-electron chi connectivity index (χ0n) is 13.9. The topological polar surface area (TPSA) is 85.2 Å². The Hall–Kier alpha value is -2.42. The summed E-state index contributed by atoms with van der Waals surface area (Å²) in [4.78, 5) is 17.0. The van der Waals surface area contributed by atoms with E-state index >= 15 is 0 Å². The normalized spacial score (nSPS) is 12.1. The molecule has 0 bridgehead atoms. The van der Waals surface area contributed by atoms with Crippen LogP contribution in [0.4, 0.5) is 13.2 Å². The average molecular weight is 356 g/mol. The van der Waals surface area contributed by atoms with Gasteiger partial charge >= 0.3 is 6.18 Å². The van der Waals surface area contributed by atoms with Crippen LogP contribution >= 0.6 is 0 Å². The first kappa shape index (κ1) is 18.9. The maximum absolute atomic E-state index is 12.8. The van der Waals surface area contributed by atoms with Gasteiger partial charge in [0, 0.05) is 12.1 Å². The van der Waals surface area contributed by atoms with Crippen molar-refractivity contribution >= 4 is 5.91 Å². The number of aromatic nitrogens is 2. The molecule has 0 spiro atoms. The van der Waals surface area contributed by atoms with Crippen LogP contribution in [0.25, 0.3) is 11.4 Å². The molecular weight excluding hydrogens is 337 g/mol. The van der Waals surface area contributed by atoms with E-state index in [1.807, 2.05) is 13.8 Å². The van der Waals surface area contributed by atoms with Crippen LogP contribution in [0.5, 0.6) is 0 Å². The van der Waals surface area contributed by atoms with E-state index in [0.717, 1.165) is 12.1 Å². The summed E-state index contributed by atoms with van der Waals surface area (Å²) in [5, 5.41) is 3.72. The number of hydrogen-bond donors (Lipinski definition) is 1. The summed E-state index contributed by atoms with van der Waals surface area (Å²) in [7, 11) is 0. The molecule has 0 fully saturated rings. The lowest BCUT2D eigenvalue weighted by molar-refractivity contribution is -0.137. The van der Waals surface area contributed by atoms with Crippen molar-refractivity contribution in [2.75, 3.05) is 13.1 Å². The first-order chi connectivity index (χ1) is 11.6. The number of alkyl halides is 3. The van der Waals surface area contributed by atoms with Gasteiger partial charge in [0.05, 0.1) is 18.7 Å². The highest BCUT2D eigenvalue weighted by atomic mass is 19.4. The van der Waals surface area contributed by atoms with Crippen molar-refractivity contribution < 1.29 is 22.5 Å². The van der Waals surface area contributed by atoms with Crippen LogP contribution in [0.15, 0.2) is 28.8 Å².